The van der Waals surface area contributed by atoms with Gasteiger partial charge < -0.3 is 24.2 Å². The van der Waals surface area contributed by atoms with Crippen LogP contribution in [0.4, 0.5) is 5.69 Å². The molecule has 2 aromatic carbocycles. The molecule has 0 spiro atoms. The zero-order chi connectivity index (χ0) is 23.8. The third kappa shape index (κ3) is 4.78. The van der Waals surface area contributed by atoms with Gasteiger partial charge in [0.2, 0.25) is 5.91 Å². The molecule has 0 saturated carbocycles. The van der Waals surface area contributed by atoms with E-state index in [1.54, 1.807) is 44.4 Å². The second-order valence-electron chi connectivity index (χ2n) is 8.43. The Hall–Kier alpha value is -2.82. The summed E-state index contributed by atoms with van der Waals surface area (Å²) in [6.07, 6.45) is -0.622. The van der Waals surface area contributed by atoms with Crippen LogP contribution in [0.1, 0.15) is 24.3 Å². The number of fused-ring (bicyclic) bond motifs is 3. The number of aliphatic hydroxyl groups is 1. The Kier molecular flexibility index (Phi) is 6.51. The van der Waals surface area contributed by atoms with Crippen LogP contribution in [-0.2, 0) is 19.6 Å². The van der Waals surface area contributed by atoms with E-state index in [1.165, 1.54) is 24.1 Å². The van der Waals surface area contributed by atoms with Crippen molar-refractivity contribution in [1.82, 2.24) is 4.90 Å². The van der Waals surface area contributed by atoms with Crippen molar-refractivity contribution in [2.75, 3.05) is 32.5 Å². The van der Waals surface area contributed by atoms with Crippen LogP contribution in [0.3, 0.4) is 0 Å². The number of benzene rings is 2. The van der Waals surface area contributed by atoms with Gasteiger partial charge in [0.05, 0.1) is 31.1 Å². The Morgan fingerprint density at radius 2 is 2.03 bits per heavy atom. The van der Waals surface area contributed by atoms with Gasteiger partial charge in [-0.1, -0.05) is 6.07 Å². The van der Waals surface area contributed by atoms with E-state index in [2.05, 4.69) is 4.72 Å². The lowest BCUT2D eigenvalue weighted by molar-refractivity contribution is -0.147. The predicted octanol–water partition coefficient (Wildman–Crippen LogP) is 1.97. The van der Waals surface area contributed by atoms with Gasteiger partial charge in [0.1, 0.15) is 23.7 Å². The number of carbonyl (C=O) groups excluding carboxylic acids is 1. The van der Waals surface area contributed by atoms with E-state index in [4.69, 9.17) is 14.2 Å². The van der Waals surface area contributed by atoms with Crippen molar-refractivity contribution in [2.45, 2.75) is 42.0 Å². The van der Waals surface area contributed by atoms with Crippen molar-refractivity contribution >= 4 is 21.6 Å². The fourth-order valence-corrected chi connectivity index (χ4v) is 5.40. The van der Waals surface area contributed by atoms with Gasteiger partial charge in [-0.25, -0.2) is 8.42 Å². The Labute approximate surface area is 193 Å². The van der Waals surface area contributed by atoms with Crippen molar-refractivity contribution in [3.05, 3.63) is 48.0 Å². The van der Waals surface area contributed by atoms with Gasteiger partial charge in [-0.2, -0.15) is 0 Å². The quantitative estimate of drug-likeness (QED) is 0.628. The first-order chi connectivity index (χ1) is 15.7. The molecule has 4 atom stereocenters. The molecule has 178 valence electrons. The van der Waals surface area contributed by atoms with Crippen LogP contribution < -0.4 is 14.2 Å². The van der Waals surface area contributed by atoms with Crippen LogP contribution in [-0.4, -0.2) is 70.5 Å². The molecule has 0 aliphatic carbocycles. The zero-order valence-electron chi connectivity index (χ0n) is 18.7. The molecule has 2 N–H and O–H groups in total. The van der Waals surface area contributed by atoms with E-state index in [1.807, 2.05) is 0 Å². The molecule has 10 heteroatoms. The number of aliphatic hydroxyl groups excluding tert-OH is 1. The second-order valence-corrected chi connectivity index (χ2v) is 10.1. The molecule has 0 unspecified atom stereocenters. The normalized spacial score (nSPS) is 23.8. The number of anilines is 1. The van der Waals surface area contributed by atoms with Crippen LogP contribution >= 0.6 is 0 Å². The number of amides is 1. The number of ether oxygens (including phenoxy) is 3. The van der Waals surface area contributed by atoms with Crippen LogP contribution in [0.15, 0.2) is 47.4 Å². The standard InChI is InChI=1S/C23H28N2O7S/c1-25(2)22(27)12-16-11-19-18-9-14(7-8-20(18)32-23(19)21(13-26)31-16)24-33(28,29)17-6-4-5-15(10-17)30-3/h4-10,16,19,21,23-24,26H,11-13H2,1-3H3/t16-,19+,21-,23-/m0/s1. The van der Waals surface area contributed by atoms with Gasteiger partial charge in [0, 0.05) is 37.3 Å². The number of hydrogen-bond acceptors (Lipinski definition) is 7. The summed E-state index contributed by atoms with van der Waals surface area (Å²) in [5.74, 6) is 0.871. The first kappa shape index (κ1) is 23.3. The number of hydrogen-bond donors (Lipinski definition) is 2. The summed E-state index contributed by atoms with van der Waals surface area (Å²) in [7, 11) is 1.02. The Balaban J connectivity index is 1.58. The monoisotopic (exact) mass is 476 g/mol. The van der Waals surface area contributed by atoms with Crippen LogP contribution in [0.25, 0.3) is 0 Å². The highest BCUT2D eigenvalue weighted by Gasteiger charge is 2.46. The minimum Gasteiger partial charge on any atom is -0.497 e. The number of nitrogens with zero attached hydrogens (tertiary/aromatic N) is 1. The van der Waals surface area contributed by atoms with Crippen molar-refractivity contribution in [3.8, 4) is 11.5 Å². The van der Waals surface area contributed by atoms with Crippen molar-refractivity contribution in [3.63, 3.8) is 0 Å². The number of carbonyl (C=O) groups is 1. The molecule has 33 heavy (non-hydrogen) atoms. The second kappa shape index (κ2) is 9.20. The molecule has 0 bridgehead atoms. The topological polar surface area (TPSA) is 114 Å². The third-order valence-electron chi connectivity index (χ3n) is 6.00. The highest BCUT2D eigenvalue weighted by Crippen LogP contribution is 2.47. The average molecular weight is 477 g/mol. The van der Waals surface area contributed by atoms with E-state index in [9.17, 15) is 18.3 Å². The highest BCUT2D eigenvalue weighted by molar-refractivity contribution is 7.92. The smallest absolute Gasteiger partial charge is 0.262 e. The van der Waals surface area contributed by atoms with Crippen molar-refractivity contribution in [1.29, 1.82) is 0 Å². The molecule has 2 aromatic rings. The van der Waals surface area contributed by atoms with E-state index in [0.29, 0.717) is 23.6 Å². The van der Waals surface area contributed by atoms with E-state index in [-0.39, 0.29) is 35.9 Å². The maximum atomic E-state index is 12.9. The van der Waals surface area contributed by atoms with Gasteiger partial charge >= 0.3 is 0 Å². The Morgan fingerprint density at radius 3 is 2.73 bits per heavy atom. The first-order valence-electron chi connectivity index (χ1n) is 10.7. The van der Waals surface area contributed by atoms with Crippen LogP contribution in [0.5, 0.6) is 11.5 Å². The molecule has 2 aliphatic heterocycles. The van der Waals surface area contributed by atoms with Crippen molar-refractivity contribution in [2.24, 2.45) is 0 Å². The molecule has 2 aliphatic rings. The Bertz CT molecular complexity index is 1140. The molecule has 1 amide bonds. The van der Waals surface area contributed by atoms with Gasteiger partial charge in [0.15, 0.2) is 0 Å². The summed E-state index contributed by atoms with van der Waals surface area (Å²) < 4.78 is 45.5. The molecule has 9 nitrogen and oxygen atoms in total. The highest BCUT2D eigenvalue weighted by atomic mass is 32.2. The number of sulfonamides is 1. The minimum absolute atomic E-state index is 0.0610. The van der Waals surface area contributed by atoms with E-state index >= 15 is 0 Å². The van der Waals surface area contributed by atoms with Gasteiger partial charge in [0.25, 0.3) is 10.0 Å². The Morgan fingerprint density at radius 1 is 1.24 bits per heavy atom. The maximum Gasteiger partial charge on any atom is 0.262 e. The lowest BCUT2D eigenvalue weighted by Gasteiger charge is -2.37. The largest absolute Gasteiger partial charge is 0.497 e. The lowest BCUT2D eigenvalue weighted by Crippen LogP contribution is -2.47. The molecular weight excluding hydrogens is 448 g/mol. The van der Waals surface area contributed by atoms with E-state index < -0.39 is 22.2 Å². The van der Waals surface area contributed by atoms with Crippen molar-refractivity contribution < 1.29 is 32.5 Å². The maximum absolute atomic E-state index is 12.9. The summed E-state index contributed by atoms with van der Waals surface area (Å²) >= 11 is 0. The summed E-state index contributed by atoms with van der Waals surface area (Å²) in [4.78, 5) is 13.8. The fraction of sp³-hybridized carbons (Fsp3) is 0.435. The summed E-state index contributed by atoms with van der Waals surface area (Å²) in [5.41, 5.74) is 1.23. The van der Waals surface area contributed by atoms with E-state index in [0.717, 1.165) is 5.56 Å². The third-order valence-corrected chi connectivity index (χ3v) is 7.38. The SMILES string of the molecule is COc1cccc(S(=O)(=O)Nc2ccc3c(c2)[C@H]2C[C@@H](CC(=O)N(C)C)O[C@@H](CO)[C@H]2O3)c1. The summed E-state index contributed by atoms with van der Waals surface area (Å²) in [6, 6.07) is 11.3. The molecular formula is C23H28N2O7S. The molecule has 0 radical (unpaired) electrons. The van der Waals surface area contributed by atoms with Crippen LogP contribution in [0, 0.1) is 0 Å². The van der Waals surface area contributed by atoms with Crippen LogP contribution in [0.2, 0.25) is 0 Å². The zero-order valence-corrected chi connectivity index (χ0v) is 19.5. The average Bonchev–Trinajstić information content (AvgIpc) is 3.16. The molecule has 0 aromatic heterocycles. The molecule has 1 fully saturated rings. The number of rotatable bonds is 7. The summed E-state index contributed by atoms with van der Waals surface area (Å²) in [5, 5.41) is 9.85. The first-order valence-corrected chi connectivity index (χ1v) is 12.1. The minimum atomic E-state index is -3.83. The van der Waals surface area contributed by atoms with Gasteiger partial charge in [-0.15, -0.1) is 0 Å². The molecule has 4 rings (SSSR count). The molecule has 2 heterocycles. The van der Waals surface area contributed by atoms with Gasteiger partial charge in [-0.05, 0) is 36.8 Å². The molecule has 1 saturated heterocycles. The fourth-order valence-electron chi connectivity index (χ4n) is 4.31. The van der Waals surface area contributed by atoms with Gasteiger partial charge in [-0.3, -0.25) is 9.52 Å². The lowest BCUT2D eigenvalue weighted by atomic mass is 9.84. The number of methoxy groups -OCH3 is 1. The summed E-state index contributed by atoms with van der Waals surface area (Å²) in [6.45, 7) is -0.239. The predicted molar refractivity (Wildman–Crippen MR) is 121 cm³/mol. The number of nitrogens with one attached hydrogen (secondary N) is 1.